The first-order chi connectivity index (χ1) is 33.7. The van der Waals surface area contributed by atoms with Crippen LogP contribution in [0.5, 0.6) is 0 Å². The summed E-state index contributed by atoms with van der Waals surface area (Å²) in [6.45, 7) is 18.9. The van der Waals surface area contributed by atoms with E-state index in [4.69, 9.17) is 19.9 Å². The van der Waals surface area contributed by atoms with E-state index in [1.165, 1.54) is 0 Å². The smallest absolute Gasteiger partial charge is 0.407 e. The number of rotatable bonds is 15. The van der Waals surface area contributed by atoms with Gasteiger partial charge in [0.1, 0.15) is 43.5 Å². The molecule has 6 aromatic rings. The molecule has 16 nitrogen and oxygen atoms in total. The number of nitrogens with zero attached hydrogens (tertiary/aromatic N) is 6. The van der Waals surface area contributed by atoms with Gasteiger partial charge in [-0.25, -0.2) is 13.9 Å². The summed E-state index contributed by atoms with van der Waals surface area (Å²) < 4.78 is 28.6. The van der Waals surface area contributed by atoms with E-state index >= 15 is 0 Å². The molecule has 4 aromatic heterocycles. The Morgan fingerprint density at radius 3 is 1.49 bits per heavy atom. The number of carbonyl (C=O) groups excluding carboxylic acids is 5. The first kappa shape index (κ1) is 60.9. The summed E-state index contributed by atoms with van der Waals surface area (Å²) in [6.07, 6.45) is 10.5. The number of para-hydroxylation sites is 2. The van der Waals surface area contributed by atoms with Gasteiger partial charge >= 0.3 is 18.0 Å². The van der Waals surface area contributed by atoms with E-state index in [2.05, 4.69) is 35.7 Å². The van der Waals surface area contributed by atoms with Crippen molar-refractivity contribution in [1.82, 2.24) is 23.6 Å². The molecule has 3 N–H and O–H groups in total. The highest BCUT2D eigenvalue weighted by molar-refractivity contribution is 6.12. The summed E-state index contributed by atoms with van der Waals surface area (Å²) in [4.78, 5) is 64.2. The summed E-state index contributed by atoms with van der Waals surface area (Å²) in [5.41, 5.74) is 11.3. The maximum Gasteiger partial charge on any atom is 0.407 e. The van der Waals surface area contributed by atoms with Crippen LogP contribution in [0, 0.1) is 49.4 Å². The first-order valence-corrected chi connectivity index (χ1v) is 25.0. The lowest BCUT2D eigenvalue weighted by molar-refractivity contribution is -0.733. The number of ether oxygens (including phenoxy) is 3. The van der Waals surface area contributed by atoms with Crippen molar-refractivity contribution < 1.29 is 47.3 Å². The maximum atomic E-state index is 13.6. The highest BCUT2D eigenvalue weighted by atomic mass is 35.5. The standard InChI is InChI=1S/C30H40N4O5.C25H33N4O3.3ClH/c1-19(2)23(16-31-29(37)39-30(4,5)6)28(36)38-18-34-15-14-33(20(34)3)17-21-12-13-25-26(27(21)35)22-10-8-9-11-24(22)32(25)7;1-16(2)20(13-26)25(31)32-15-29-12-11-28(17(29)3)14-18-9-10-22-23(24(18)30)19-7-5-6-8-21(19)27(22)4;;;/h8-11,14-15,19,21,23H,12-13,16-18H2,1-7H3;5-8,11-12,16,18,20H,9-10,13-15,26H2,1-4H3;3*1H/q;+1;;;/p+1. The van der Waals surface area contributed by atoms with Gasteiger partial charge in [0.15, 0.2) is 11.6 Å². The number of Topliss-reactive ketones (excluding diaryl/α,β-unsaturated/α-hetero) is 2. The van der Waals surface area contributed by atoms with E-state index in [0.717, 1.165) is 81.7 Å². The maximum absolute atomic E-state index is 13.6. The second-order valence-electron chi connectivity index (χ2n) is 20.9. The quantitative estimate of drug-likeness (QED) is 0.0581. The zero-order chi connectivity index (χ0) is 51.5. The topological polar surface area (TPSA) is 179 Å². The normalized spacial score (nSPS) is 16.0. The van der Waals surface area contributed by atoms with E-state index < -0.39 is 17.6 Å². The number of esters is 2. The number of hydrogen-bond donors (Lipinski definition) is 2. The number of aryl methyl sites for hydroxylation is 2. The Morgan fingerprint density at radius 2 is 1.09 bits per heavy atom. The summed E-state index contributed by atoms with van der Waals surface area (Å²) in [7, 11) is 4.08. The molecule has 0 radical (unpaired) electrons. The molecule has 0 bridgehead atoms. The third kappa shape index (κ3) is 13.2. The lowest BCUT2D eigenvalue weighted by atomic mass is 9.85. The minimum atomic E-state index is -0.612. The molecule has 2 aliphatic rings. The van der Waals surface area contributed by atoms with Crippen molar-refractivity contribution in [2.45, 2.75) is 120 Å². The zero-order valence-corrected chi connectivity index (χ0v) is 47.2. The summed E-state index contributed by atoms with van der Waals surface area (Å²) in [5, 5.41) is 4.75. The Bertz CT molecular complexity index is 2940. The van der Waals surface area contributed by atoms with Crippen LogP contribution in [0.1, 0.15) is 105 Å². The van der Waals surface area contributed by atoms with Crippen LogP contribution in [0.15, 0.2) is 73.3 Å². The van der Waals surface area contributed by atoms with Gasteiger partial charge in [0.05, 0.1) is 23.7 Å². The summed E-state index contributed by atoms with van der Waals surface area (Å²) in [6, 6.07) is 16.2. The van der Waals surface area contributed by atoms with Gasteiger partial charge in [0, 0.05) is 85.4 Å². The van der Waals surface area contributed by atoms with Crippen molar-refractivity contribution in [2.24, 2.45) is 55.3 Å². The molecule has 0 fully saturated rings. The van der Waals surface area contributed by atoms with Gasteiger partial charge in [-0.3, -0.25) is 19.2 Å². The molecule has 0 saturated heterocycles. The van der Waals surface area contributed by atoms with Gasteiger partial charge in [-0.1, -0.05) is 64.1 Å². The molecule has 4 unspecified atom stereocenters. The van der Waals surface area contributed by atoms with E-state index in [0.29, 0.717) is 13.1 Å². The Balaban J connectivity index is 0.000000313. The molecule has 2 aromatic carbocycles. The number of ketones is 2. The van der Waals surface area contributed by atoms with Crippen LogP contribution in [0.2, 0.25) is 0 Å². The highest BCUT2D eigenvalue weighted by Crippen LogP contribution is 2.36. The number of halogens is 3. The van der Waals surface area contributed by atoms with Crippen LogP contribution in [0.4, 0.5) is 4.79 Å². The SMILES string of the molecule is Cc1n(CC2CCc3c(c4ccccc4n3C)C2=O)cc[n+]1COC(=O)C(CN)C(C)C.Cc1n(CC2CCc3c(c4ccccc4n3C)C2=O)cc[n+]1COC(=O)C(CNC(=O)OC(C)(C)C)C(C)C.Cl.Cl.Cl. The fraction of sp³-hybridized carbons (Fsp3) is 0.509. The number of hydrogen-bond acceptors (Lipinski definition) is 9. The van der Waals surface area contributed by atoms with Crippen molar-refractivity contribution in [2.75, 3.05) is 13.1 Å². The minimum Gasteiger partial charge on any atom is -0.444 e. The Morgan fingerprint density at radius 1 is 0.689 bits per heavy atom. The van der Waals surface area contributed by atoms with Gasteiger partial charge in [-0.15, -0.1) is 37.2 Å². The molecule has 19 heteroatoms. The van der Waals surface area contributed by atoms with Crippen molar-refractivity contribution in [3.63, 3.8) is 0 Å². The predicted molar refractivity (Wildman–Crippen MR) is 291 cm³/mol. The Kier molecular flexibility index (Phi) is 21.1. The number of benzene rings is 2. The van der Waals surface area contributed by atoms with Crippen LogP contribution in [0.25, 0.3) is 21.8 Å². The molecule has 0 aliphatic heterocycles. The molecule has 0 saturated carbocycles. The number of aromatic nitrogens is 6. The molecule has 74 heavy (non-hydrogen) atoms. The van der Waals surface area contributed by atoms with Gasteiger partial charge in [-0.2, -0.15) is 9.13 Å². The number of fused-ring (bicyclic) bond motifs is 6. The van der Waals surface area contributed by atoms with Crippen LogP contribution in [-0.2, 0) is 77.3 Å². The predicted octanol–water partition coefficient (Wildman–Crippen LogP) is 8.34. The molecule has 8 rings (SSSR count). The Hall–Kier alpha value is -5.68. The number of nitrogens with one attached hydrogen (secondary N) is 1. The highest BCUT2D eigenvalue weighted by Gasteiger charge is 2.36. The first-order valence-electron chi connectivity index (χ1n) is 25.0. The molecule has 2 aliphatic carbocycles. The molecule has 1 amide bonds. The zero-order valence-electron chi connectivity index (χ0n) is 44.7. The van der Waals surface area contributed by atoms with Crippen molar-refractivity contribution in [3.8, 4) is 0 Å². The van der Waals surface area contributed by atoms with Crippen LogP contribution < -0.4 is 20.2 Å². The van der Waals surface area contributed by atoms with Gasteiger partial charge in [-0.05, 0) is 70.4 Å². The molecule has 4 heterocycles. The van der Waals surface area contributed by atoms with Gasteiger partial charge in [0.25, 0.3) is 11.6 Å². The number of nitrogens with two attached hydrogens (primary N) is 1. The Labute approximate surface area is 453 Å². The molecule has 404 valence electrons. The lowest BCUT2D eigenvalue weighted by Gasteiger charge is -2.22. The van der Waals surface area contributed by atoms with Crippen LogP contribution >= 0.6 is 37.2 Å². The van der Waals surface area contributed by atoms with Gasteiger partial charge < -0.3 is 34.4 Å². The lowest BCUT2D eigenvalue weighted by Crippen LogP contribution is -2.42. The monoisotopic (exact) mass is 1080 g/mol. The summed E-state index contributed by atoms with van der Waals surface area (Å²) in [5.74, 6) is 0.720. The second kappa shape index (κ2) is 25.7. The van der Waals surface area contributed by atoms with E-state index in [9.17, 15) is 24.0 Å². The number of alkyl carbamates (subject to hydrolysis) is 1. The number of carbonyl (C=O) groups is 5. The van der Waals surface area contributed by atoms with Crippen molar-refractivity contribution >= 4 is 88.6 Å². The van der Waals surface area contributed by atoms with Crippen molar-refractivity contribution in [3.05, 3.63) is 107 Å². The van der Waals surface area contributed by atoms with Gasteiger partial charge in [0.2, 0.25) is 13.5 Å². The molecule has 4 atom stereocenters. The number of imidazole rings is 2. The van der Waals surface area contributed by atoms with Crippen LogP contribution in [-0.4, -0.2) is 66.6 Å². The fourth-order valence-electron chi connectivity index (χ4n) is 10.1. The third-order valence-electron chi connectivity index (χ3n) is 14.5. The third-order valence-corrected chi connectivity index (χ3v) is 14.5. The second-order valence-corrected chi connectivity index (χ2v) is 20.9. The summed E-state index contributed by atoms with van der Waals surface area (Å²) >= 11 is 0. The van der Waals surface area contributed by atoms with E-state index in [1.54, 1.807) is 20.8 Å². The fourth-order valence-corrected chi connectivity index (χ4v) is 10.1. The van der Waals surface area contributed by atoms with Crippen molar-refractivity contribution in [1.29, 1.82) is 0 Å². The minimum absolute atomic E-state index is 0. The van der Waals surface area contributed by atoms with Crippen LogP contribution in [0.3, 0.4) is 0 Å². The molecule has 0 spiro atoms. The average molecular weight is 1080 g/mol. The van der Waals surface area contributed by atoms with E-state index in [-0.39, 0.29) is 117 Å². The average Bonchev–Trinajstić information content (AvgIpc) is 4.03. The molecular weight excluding hydrogens is 1010 g/mol. The molecular formula is C55H77Cl3N8O8+2. The van der Waals surface area contributed by atoms with E-state index in [1.807, 2.05) is 126 Å². The number of amides is 1. The largest absolute Gasteiger partial charge is 0.444 e.